The molecule has 3 fully saturated rings. The van der Waals surface area contributed by atoms with Crippen LogP contribution in [0.3, 0.4) is 0 Å². The maximum Gasteiger partial charge on any atom is 0.305 e. The lowest BCUT2D eigenvalue weighted by Crippen LogP contribution is -2.42. The minimum atomic E-state index is -1.04. The molecule has 1 aromatic carbocycles. The number of hydrogen-bond acceptors (Lipinski definition) is 7. The highest BCUT2D eigenvalue weighted by Crippen LogP contribution is 2.68. The number of nitrogens with zero attached hydrogens (tertiary/aromatic N) is 1. The Labute approximate surface area is 190 Å². The average molecular weight is 473 g/mol. The van der Waals surface area contributed by atoms with Crippen LogP contribution < -0.4 is 4.87 Å². The molecule has 2 aliphatic carbocycles. The summed E-state index contributed by atoms with van der Waals surface area (Å²) in [5.41, 5.74) is 0.739. The van der Waals surface area contributed by atoms with Gasteiger partial charge in [-0.2, -0.15) is 0 Å². The minimum absolute atomic E-state index is 0.00896. The Morgan fingerprint density at radius 3 is 2.56 bits per heavy atom. The number of nitrogens with one attached hydrogen (secondary N) is 1. The summed E-state index contributed by atoms with van der Waals surface area (Å²) in [7, 11) is 0. The van der Waals surface area contributed by atoms with Gasteiger partial charge in [-0.05, 0) is 30.2 Å². The highest BCUT2D eigenvalue weighted by molar-refractivity contribution is 8.00. The summed E-state index contributed by atoms with van der Waals surface area (Å²) in [4.78, 5) is 54.4. The van der Waals surface area contributed by atoms with Gasteiger partial charge in [0, 0.05) is 28.2 Å². The molecule has 2 bridgehead atoms. The molecule has 2 aromatic rings. The standard InChI is InChI=1S/C22H20N2O6S2/c25-11-4-2-1-3-8(11)13-14-9-7-10(17(14)31-19-18(13)32-22(30)23-19)16-15(9)20(28)24(21(16)29)6-5-12(26)27/h1-4,9-10,13-17,25H,5-7H2,(H,23,30)(H,26,27)/t9-,10-,13-,14+,15+,16-,17-/m1/s1. The van der Waals surface area contributed by atoms with Crippen molar-refractivity contribution in [3.63, 3.8) is 0 Å². The van der Waals surface area contributed by atoms with Gasteiger partial charge in [-0.3, -0.25) is 24.1 Å². The van der Waals surface area contributed by atoms with Gasteiger partial charge in [0.1, 0.15) is 5.75 Å². The van der Waals surface area contributed by atoms with E-state index in [4.69, 9.17) is 5.11 Å². The number of thioether (sulfide) groups is 1. The normalized spacial score (nSPS) is 34.5. The molecule has 4 aliphatic rings. The van der Waals surface area contributed by atoms with E-state index in [1.54, 1.807) is 23.9 Å². The van der Waals surface area contributed by atoms with E-state index in [-0.39, 0.29) is 64.3 Å². The molecule has 166 valence electrons. The number of hydrogen-bond donors (Lipinski definition) is 3. The second-order valence-corrected chi connectivity index (χ2v) is 11.2. The second kappa shape index (κ2) is 6.95. The second-order valence-electron chi connectivity index (χ2n) is 8.99. The molecule has 32 heavy (non-hydrogen) atoms. The number of rotatable bonds is 4. The molecule has 2 aliphatic heterocycles. The van der Waals surface area contributed by atoms with Crippen molar-refractivity contribution in [3.05, 3.63) is 44.4 Å². The van der Waals surface area contributed by atoms with Crippen LogP contribution in [0.5, 0.6) is 5.75 Å². The summed E-state index contributed by atoms with van der Waals surface area (Å²) in [6, 6.07) is 7.11. The van der Waals surface area contributed by atoms with Gasteiger partial charge in [-0.25, -0.2) is 0 Å². The van der Waals surface area contributed by atoms with Crippen molar-refractivity contribution in [2.75, 3.05) is 6.54 Å². The highest BCUT2D eigenvalue weighted by Gasteiger charge is 2.69. The van der Waals surface area contributed by atoms with Crippen LogP contribution in [-0.4, -0.2) is 49.7 Å². The number of H-pyrrole nitrogens is 1. The molecule has 1 aromatic heterocycles. The largest absolute Gasteiger partial charge is 0.508 e. The summed E-state index contributed by atoms with van der Waals surface area (Å²) in [5.74, 6) is -2.56. The van der Waals surface area contributed by atoms with Gasteiger partial charge in [-0.15, -0.1) is 11.8 Å². The number of aromatic amines is 1. The van der Waals surface area contributed by atoms with Crippen LogP contribution >= 0.6 is 23.1 Å². The Morgan fingerprint density at radius 1 is 1.12 bits per heavy atom. The highest BCUT2D eigenvalue weighted by atomic mass is 32.2. The lowest BCUT2D eigenvalue weighted by molar-refractivity contribution is -0.142. The van der Waals surface area contributed by atoms with Crippen molar-refractivity contribution in [3.8, 4) is 5.75 Å². The fraction of sp³-hybridized carbons (Fsp3) is 0.455. The number of benzene rings is 1. The fourth-order valence-electron chi connectivity index (χ4n) is 6.61. The third-order valence-electron chi connectivity index (χ3n) is 7.64. The molecule has 0 radical (unpaired) electrons. The quantitative estimate of drug-likeness (QED) is 0.582. The molecule has 3 N–H and O–H groups in total. The first-order valence-electron chi connectivity index (χ1n) is 10.6. The van der Waals surface area contributed by atoms with Gasteiger partial charge in [0.05, 0.1) is 23.3 Å². The molecule has 0 spiro atoms. The number of carbonyl (C=O) groups is 3. The average Bonchev–Trinajstić information content (AvgIpc) is 3.46. The molecular formula is C22H20N2O6S2. The summed E-state index contributed by atoms with van der Waals surface area (Å²) in [6.07, 6.45) is 0.498. The van der Waals surface area contributed by atoms with E-state index in [0.717, 1.165) is 38.1 Å². The van der Waals surface area contributed by atoms with Gasteiger partial charge < -0.3 is 15.2 Å². The van der Waals surface area contributed by atoms with Crippen LogP contribution in [-0.2, 0) is 14.4 Å². The molecule has 0 unspecified atom stereocenters. The third-order valence-corrected chi connectivity index (χ3v) is 10.2. The summed E-state index contributed by atoms with van der Waals surface area (Å²) >= 11 is 2.73. The summed E-state index contributed by atoms with van der Waals surface area (Å²) in [5, 5.41) is 20.5. The van der Waals surface area contributed by atoms with Crippen molar-refractivity contribution in [2.45, 2.75) is 29.0 Å². The lowest BCUT2D eigenvalue weighted by Gasteiger charge is -2.43. The van der Waals surface area contributed by atoms with E-state index >= 15 is 0 Å². The van der Waals surface area contributed by atoms with Crippen LogP contribution in [0.1, 0.15) is 29.2 Å². The number of fused-ring (bicyclic) bond motifs is 9. The monoisotopic (exact) mass is 472 g/mol. The molecule has 1 saturated heterocycles. The van der Waals surface area contributed by atoms with Gasteiger partial charge >= 0.3 is 10.8 Å². The summed E-state index contributed by atoms with van der Waals surface area (Å²) in [6.45, 7) is -0.0918. The van der Waals surface area contributed by atoms with E-state index < -0.39 is 17.8 Å². The molecule has 7 atom stereocenters. The molecular weight excluding hydrogens is 452 g/mol. The van der Waals surface area contributed by atoms with Crippen LogP contribution in [0.15, 0.2) is 34.1 Å². The molecule has 2 saturated carbocycles. The maximum atomic E-state index is 13.2. The molecule has 2 amide bonds. The van der Waals surface area contributed by atoms with Crippen molar-refractivity contribution in [1.29, 1.82) is 0 Å². The number of likely N-dealkylation sites (tertiary alicyclic amines) is 1. The smallest absolute Gasteiger partial charge is 0.305 e. The van der Waals surface area contributed by atoms with Gasteiger partial charge in [-0.1, -0.05) is 29.5 Å². The number of phenolic OH excluding ortho intramolecular Hbond substituents is 1. The first-order valence-corrected chi connectivity index (χ1v) is 12.3. The molecule has 6 rings (SSSR count). The Balaban J connectivity index is 1.43. The van der Waals surface area contributed by atoms with Crippen LogP contribution in [0.4, 0.5) is 0 Å². The number of imide groups is 1. The van der Waals surface area contributed by atoms with Crippen molar-refractivity contribution in [1.82, 2.24) is 9.88 Å². The van der Waals surface area contributed by atoms with Crippen molar-refractivity contribution >= 4 is 40.9 Å². The Morgan fingerprint density at radius 2 is 1.84 bits per heavy atom. The van der Waals surface area contributed by atoms with Crippen LogP contribution in [0.25, 0.3) is 0 Å². The number of phenols is 1. The number of carboxylic acid groups (broad SMARTS) is 1. The van der Waals surface area contributed by atoms with E-state index in [9.17, 15) is 24.3 Å². The van der Waals surface area contributed by atoms with E-state index in [0.29, 0.717) is 0 Å². The number of carboxylic acids is 1. The maximum absolute atomic E-state index is 13.2. The Bertz CT molecular complexity index is 1220. The SMILES string of the molecule is O=C(O)CCN1C(=O)[C@@H]2[C@H]3C[C@@H]([C@@H]2C1=O)[C@H]1[C@@H](c2ccccc2O)c2sc(=O)[nH]c2S[C@H]31. The van der Waals surface area contributed by atoms with Crippen molar-refractivity contribution in [2.24, 2.45) is 29.6 Å². The van der Waals surface area contributed by atoms with Gasteiger partial charge in [0.15, 0.2) is 0 Å². The van der Waals surface area contributed by atoms with E-state index in [1.807, 2.05) is 12.1 Å². The topological polar surface area (TPSA) is 128 Å². The predicted octanol–water partition coefficient (Wildman–Crippen LogP) is 2.09. The number of thiazole rings is 1. The molecule has 3 heterocycles. The van der Waals surface area contributed by atoms with E-state index in [2.05, 4.69) is 4.98 Å². The number of amides is 2. The lowest BCUT2D eigenvalue weighted by atomic mass is 9.68. The zero-order chi connectivity index (χ0) is 22.3. The summed E-state index contributed by atoms with van der Waals surface area (Å²) < 4.78 is 0. The third kappa shape index (κ3) is 2.62. The zero-order valence-corrected chi connectivity index (χ0v) is 18.4. The van der Waals surface area contributed by atoms with Crippen LogP contribution in [0, 0.1) is 29.6 Å². The number of carbonyl (C=O) groups excluding carboxylic acids is 2. The fourth-order valence-corrected chi connectivity index (χ4v) is 9.48. The van der Waals surface area contributed by atoms with Crippen molar-refractivity contribution < 1.29 is 24.6 Å². The predicted molar refractivity (Wildman–Crippen MR) is 116 cm³/mol. The van der Waals surface area contributed by atoms with Crippen LogP contribution in [0.2, 0.25) is 0 Å². The zero-order valence-electron chi connectivity index (χ0n) is 16.8. The minimum Gasteiger partial charge on any atom is -0.508 e. The Hall–Kier alpha value is -2.59. The number of para-hydroxylation sites is 1. The molecule has 10 heteroatoms. The van der Waals surface area contributed by atoms with Gasteiger partial charge in [0.2, 0.25) is 11.8 Å². The first-order chi connectivity index (χ1) is 15.4. The number of aliphatic carboxylic acids is 1. The molecule has 8 nitrogen and oxygen atoms in total. The first kappa shape index (κ1) is 20.0. The Kier molecular flexibility index (Phi) is 4.36. The number of aromatic nitrogens is 1. The van der Waals surface area contributed by atoms with E-state index in [1.165, 1.54) is 0 Å². The van der Waals surface area contributed by atoms with Gasteiger partial charge in [0.25, 0.3) is 0 Å². The number of aromatic hydroxyl groups is 1.